The van der Waals surface area contributed by atoms with Crippen molar-refractivity contribution < 1.29 is 5.11 Å². The van der Waals surface area contributed by atoms with Gasteiger partial charge in [-0.2, -0.15) is 0 Å². The minimum Gasteiger partial charge on any atom is -0.389 e. The summed E-state index contributed by atoms with van der Waals surface area (Å²) in [5.74, 6) is 0. The maximum absolute atomic E-state index is 9.79. The maximum Gasteiger partial charge on any atom is 0.0718 e. The van der Waals surface area contributed by atoms with Gasteiger partial charge in [-0.1, -0.05) is 13.0 Å². The lowest BCUT2D eigenvalue weighted by Gasteiger charge is -2.27. The van der Waals surface area contributed by atoms with Crippen LogP contribution in [0.2, 0.25) is 0 Å². The van der Waals surface area contributed by atoms with Crippen molar-refractivity contribution in [3.8, 4) is 0 Å². The number of aromatic nitrogens is 1. The molecule has 0 spiro atoms. The van der Waals surface area contributed by atoms with Crippen LogP contribution in [0.5, 0.6) is 0 Å². The van der Waals surface area contributed by atoms with E-state index in [1.54, 1.807) is 0 Å². The molecule has 3 heteroatoms. The highest BCUT2D eigenvalue weighted by molar-refractivity contribution is 5.16. The van der Waals surface area contributed by atoms with Crippen molar-refractivity contribution in [3.63, 3.8) is 0 Å². The molecule has 0 aromatic carbocycles. The third kappa shape index (κ3) is 4.73. The van der Waals surface area contributed by atoms with Gasteiger partial charge in [-0.3, -0.25) is 9.88 Å². The van der Waals surface area contributed by atoms with Gasteiger partial charge in [0.15, 0.2) is 0 Å². The van der Waals surface area contributed by atoms with E-state index in [9.17, 15) is 5.11 Å². The van der Waals surface area contributed by atoms with Crippen LogP contribution < -0.4 is 0 Å². The van der Waals surface area contributed by atoms with E-state index < -0.39 is 5.60 Å². The van der Waals surface area contributed by atoms with Crippen molar-refractivity contribution in [2.24, 2.45) is 0 Å². The van der Waals surface area contributed by atoms with Crippen LogP contribution in [-0.4, -0.2) is 33.7 Å². The number of aliphatic hydroxyl groups is 1. The molecule has 0 unspecified atom stereocenters. The molecule has 0 saturated heterocycles. The first-order valence-corrected chi connectivity index (χ1v) is 5.76. The number of aryl methyl sites for hydroxylation is 1. The van der Waals surface area contributed by atoms with Crippen molar-refractivity contribution in [2.75, 3.05) is 13.1 Å². The number of hydrogen-bond acceptors (Lipinski definition) is 3. The summed E-state index contributed by atoms with van der Waals surface area (Å²) < 4.78 is 0. The van der Waals surface area contributed by atoms with Gasteiger partial charge in [-0.15, -0.1) is 0 Å². The monoisotopic (exact) mass is 222 g/mol. The number of nitrogens with zero attached hydrogens (tertiary/aromatic N) is 2. The van der Waals surface area contributed by atoms with Gasteiger partial charge in [-0.05, 0) is 38.4 Å². The van der Waals surface area contributed by atoms with Gasteiger partial charge >= 0.3 is 0 Å². The van der Waals surface area contributed by atoms with Gasteiger partial charge in [0, 0.05) is 25.5 Å². The van der Waals surface area contributed by atoms with Crippen molar-refractivity contribution in [1.82, 2.24) is 9.88 Å². The highest BCUT2D eigenvalue weighted by atomic mass is 16.3. The van der Waals surface area contributed by atoms with Gasteiger partial charge in [0.05, 0.1) is 5.60 Å². The van der Waals surface area contributed by atoms with E-state index in [-0.39, 0.29) is 0 Å². The topological polar surface area (TPSA) is 36.4 Å². The molecule has 0 aliphatic rings. The predicted molar refractivity (Wildman–Crippen MR) is 66.2 cm³/mol. The molecule has 0 amide bonds. The Balaban J connectivity index is 2.63. The molecule has 0 aliphatic carbocycles. The van der Waals surface area contributed by atoms with E-state index in [2.05, 4.69) is 22.9 Å². The molecular formula is C13H22N2O. The minimum atomic E-state index is -0.646. The zero-order valence-electron chi connectivity index (χ0n) is 10.7. The molecule has 1 aromatic heterocycles. The summed E-state index contributed by atoms with van der Waals surface area (Å²) in [7, 11) is 0. The lowest BCUT2D eigenvalue weighted by Crippen LogP contribution is -2.38. The molecular weight excluding hydrogens is 200 g/mol. The van der Waals surface area contributed by atoms with E-state index >= 15 is 0 Å². The average Bonchev–Trinajstić information content (AvgIpc) is 2.14. The van der Waals surface area contributed by atoms with Gasteiger partial charge < -0.3 is 5.11 Å². The van der Waals surface area contributed by atoms with E-state index in [0.717, 1.165) is 13.1 Å². The van der Waals surface area contributed by atoms with E-state index in [1.165, 1.54) is 11.1 Å². The summed E-state index contributed by atoms with van der Waals surface area (Å²) in [5, 5.41) is 9.79. The van der Waals surface area contributed by atoms with Crippen LogP contribution in [0.15, 0.2) is 18.5 Å². The SMILES string of the molecule is CCN(Cc1cncc(C)c1)CC(C)(C)O. The number of rotatable bonds is 5. The largest absolute Gasteiger partial charge is 0.389 e. The van der Waals surface area contributed by atoms with Crippen LogP contribution in [0.1, 0.15) is 31.9 Å². The molecule has 16 heavy (non-hydrogen) atoms. The van der Waals surface area contributed by atoms with Gasteiger partial charge in [0.1, 0.15) is 0 Å². The smallest absolute Gasteiger partial charge is 0.0718 e. The molecule has 3 nitrogen and oxygen atoms in total. The molecule has 0 atom stereocenters. The summed E-state index contributed by atoms with van der Waals surface area (Å²) in [6, 6.07) is 2.14. The zero-order chi connectivity index (χ0) is 12.2. The standard InChI is InChI=1S/C13H22N2O/c1-5-15(10-13(3,4)16)9-12-6-11(2)7-14-8-12/h6-8,16H,5,9-10H2,1-4H3. The molecule has 0 saturated carbocycles. The molecule has 0 bridgehead atoms. The van der Waals surface area contributed by atoms with Crippen molar-refractivity contribution in [2.45, 2.75) is 39.8 Å². The summed E-state index contributed by atoms with van der Waals surface area (Å²) in [6.07, 6.45) is 3.75. The predicted octanol–water partition coefficient (Wildman–Crippen LogP) is 1.98. The molecule has 1 N–H and O–H groups in total. The Labute approximate surface area is 98.1 Å². The Kier molecular flexibility index (Phi) is 4.44. The number of likely N-dealkylation sites (N-methyl/N-ethyl adjacent to an activating group) is 1. The third-order valence-electron chi connectivity index (χ3n) is 2.40. The van der Waals surface area contributed by atoms with Crippen molar-refractivity contribution in [3.05, 3.63) is 29.6 Å². The summed E-state index contributed by atoms with van der Waals surface area (Å²) in [4.78, 5) is 6.40. The Morgan fingerprint density at radius 1 is 1.38 bits per heavy atom. The van der Waals surface area contributed by atoms with Gasteiger partial charge in [0.2, 0.25) is 0 Å². The van der Waals surface area contributed by atoms with E-state index in [1.807, 2.05) is 33.2 Å². The average molecular weight is 222 g/mol. The van der Waals surface area contributed by atoms with Crippen LogP contribution in [0.25, 0.3) is 0 Å². The summed E-state index contributed by atoms with van der Waals surface area (Å²) in [6.45, 7) is 10.3. The Hall–Kier alpha value is -0.930. The third-order valence-corrected chi connectivity index (χ3v) is 2.40. The molecule has 0 aliphatic heterocycles. The lowest BCUT2D eigenvalue weighted by atomic mass is 10.1. The second-order valence-electron chi connectivity index (χ2n) is 4.99. The second kappa shape index (κ2) is 5.41. The highest BCUT2D eigenvalue weighted by Gasteiger charge is 2.17. The van der Waals surface area contributed by atoms with Crippen LogP contribution >= 0.6 is 0 Å². The van der Waals surface area contributed by atoms with Crippen LogP contribution in [-0.2, 0) is 6.54 Å². The van der Waals surface area contributed by atoms with Crippen LogP contribution in [0, 0.1) is 6.92 Å². The van der Waals surface area contributed by atoms with E-state index in [4.69, 9.17) is 0 Å². The fraction of sp³-hybridized carbons (Fsp3) is 0.615. The first kappa shape index (κ1) is 13.1. The fourth-order valence-electron chi connectivity index (χ4n) is 1.79. The Morgan fingerprint density at radius 3 is 2.56 bits per heavy atom. The number of pyridine rings is 1. The minimum absolute atomic E-state index is 0.646. The van der Waals surface area contributed by atoms with Crippen LogP contribution in [0.4, 0.5) is 0 Å². The molecule has 90 valence electrons. The maximum atomic E-state index is 9.79. The molecule has 1 rings (SSSR count). The molecule has 0 radical (unpaired) electrons. The Bertz CT molecular complexity index is 331. The van der Waals surface area contributed by atoms with Gasteiger partial charge in [-0.25, -0.2) is 0 Å². The van der Waals surface area contributed by atoms with Gasteiger partial charge in [0.25, 0.3) is 0 Å². The normalized spacial score (nSPS) is 12.1. The van der Waals surface area contributed by atoms with Crippen LogP contribution in [0.3, 0.4) is 0 Å². The summed E-state index contributed by atoms with van der Waals surface area (Å²) >= 11 is 0. The number of hydrogen-bond donors (Lipinski definition) is 1. The molecule has 1 heterocycles. The van der Waals surface area contributed by atoms with Crippen molar-refractivity contribution in [1.29, 1.82) is 0 Å². The fourth-order valence-corrected chi connectivity index (χ4v) is 1.79. The lowest BCUT2D eigenvalue weighted by molar-refractivity contribution is 0.0353. The Morgan fingerprint density at radius 2 is 2.06 bits per heavy atom. The molecule has 0 fully saturated rings. The first-order valence-electron chi connectivity index (χ1n) is 5.76. The van der Waals surface area contributed by atoms with Crippen molar-refractivity contribution >= 4 is 0 Å². The first-order chi connectivity index (χ1) is 7.40. The van der Waals surface area contributed by atoms with E-state index in [0.29, 0.717) is 6.54 Å². The molecule has 1 aromatic rings. The zero-order valence-corrected chi connectivity index (χ0v) is 10.7. The summed E-state index contributed by atoms with van der Waals surface area (Å²) in [5.41, 5.74) is 1.73. The second-order valence-corrected chi connectivity index (χ2v) is 4.99. The highest BCUT2D eigenvalue weighted by Crippen LogP contribution is 2.10. The quantitative estimate of drug-likeness (QED) is 0.827.